The van der Waals surface area contributed by atoms with E-state index in [2.05, 4.69) is 15.0 Å². The highest BCUT2D eigenvalue weighted by molar-refractivity contribution is 6.03. The van der Waals surface area contributed by atoms with E-state index in [-0.39, 0.29) is 5.69 Å². The second-order valence-corrected chi connectivity index (χ2v) is 4.02. The second kappa shape index (κ2) is 5.87. The summed E-state index contributed by atoms with van der Waals surface area (Å²) in [5.41, 5.74) is -0.881. The number of aromatic amines is 2. The molecule has 0 atom stereocenters. The summed E-state index contributed by atoms with van der Waals surface area (Å²) in [4.78, 5) is 49.5. The lowest BCUT2D eigenvalue weighted by Crippen LogP contribution is -2.27. The van der Waals surface area contributed by atoms with Gasteiger partial charge in [0, 0.05) is 11.8 Å². The molecule has 1 aromatic heterocycles. The number of benzene rings is 1. The van der Waals surface area contributed by atoms with Crippen LogP contribution in [0.15, 0.2) is 39.9 Å². The van der Waals surface area contributed by atoms with Crippen molar-refractivity contribution in [3.05, 3.63) is 62.4 Å². The Morgan fingerprint density at radius 3 is 2.33 bits per heavy atom. The fourth-order valence-electron chi connectivity index (χ4n) is 1.60. The molecule has 1 aromatic carbocycles. The van der Waals surface area contributed by atoms with Crippen molar-refractivity contribution in [1.82, 2.24) is 9.97 Å². The van der Waals surface area contributed by atoms with Crippen molar-refractivity contribution in [2.75, 3.05) is 12.4 Å². The number of amides is 1. The molecule has 1 heterocycles. The number of carbonyl (C=O) groups is 2. The first-order valence-electron chi connectivity index (χ1n) is 5.83. The monoisotopic (exact) mass is 289 g/mol. The summed E-state index contributed by atoms with van der Waals surface area (Å²) < 4.78 is 4.55. The number of methoxy groups -OCH3 is 1. The molecule has 3 N–H and O–H groups in total. The molecule has 0 saturated heterocycles. The number of ether oxygens (including phenoxy) is 1. The van der Waals surface area contributed by atoms with E-state index in [1.165, 1.54) is 31.4 Å². The van der Waals surface area contributed by atoms with Gasteiger partial charge < -0.3 is 15.0 Å². The normalized spacial score (nSPS) is 9.95. The molecule has 0 aliphatic rings. The van der Waals surface area contributed by atoms with E-state index >= 15 is 0 Å². The Balaban J connectivity index is 2.18. The summed E-state index contributed by atoms with van der Waals surface area (Å²) in [6.07, 6.45) is 0. The van der Waals surface area contributed by atoms with Gasteiger partial charge in [-0.25, -0.2) is 9.59 Å². The summed E-state index contributed by atoms with van der Waals surface area (Å²) in [5, 5.41) is 2.48. The molecule has 8 heteroatoms. The molecule has 21 heavy (non-hydrogen) atoms. The van der Waals surface area contributed by atoms with Crippen LogP contribution in [0.4, 0.5) is 5.69 Å². The minimum atomic E-state index is -0.770. The average molecular weight is 289 g/mol. The predicted molar refractivity (Wildman–Crippen MR) is 73.4 cm³/mol. The first-order valence-corrected chi connectivity index (χ1v) is 5.83. The van der Waals surface area contributed by atoms with Crippen LogP contribution in [-0.4, -0.2) is 29.0 Å². The number of hydrogen-bond donors (Lipinski definition) is 3. The van der Waals surface area contributed by atoms with Gasteiger partial charge >= 0.3 is 11.7 Å². The summed E-state index contributed by atoms with van der Waals surface area (Å²) in [6.45, 7) is 0. The van der Waals surface area contributed by atoms with Gasteiger partial charge in [0.25, 0.3) is 11.5 Å². The van der Waals surface area contributed by atoms with Crippen molar-refractivity contribution in [2.24, 2.45) is 0 Å². The summed E-state index contributed by atoms with van der Waals surface area (Å²) in [7, 11) is 1.27. The third-order valence-corrected chi connectivity index (χ3v) is 2.57. The van der Waals surface area contributed by atoms with Crippen molar-refractivity contribution in [2.45, 2.75) is 0 Å². The molecular formula is C13H11N3O5. The lowest BCUT2D eigenvalue weighted by molar-refractivity contribution is 0.0600. The number of hydrogen-bond acceptors (Lipinski definition) is 5. The van der Waals surface area contributed by atoms with Crippen LogP contribution in [-0.2, 0) is 4.74 Å². The maximum absolute atomic E-state index is 11.9. The fraction of sp³-hybridized carbons (Fsp3) is 0.0769. The Morgan fingerprint density at radius 2 is 1.76 bits per heavy atom. The number of carbonyl (C=O) groups excluding carboxylic acids is 2. The molecule has 1 amide bonds. The number of esters is 1. The van der Waals surface area contributed by atoms with E-state index in [9.17, 15) is 19.2 Å². The molecule has 0 aliphatic heterocycles. The molecule has 2 rings (SSSR count). The maximum atomic E-state index is 11.9. The van der Waals surface area contributed by atoms with Gasteiger partial charge in [0.2, 0.25) is 0 Å². The van der Waals surface area contributed by atoms with Crippen LogP contribution in [0.2, 0.25) is 0 Å². The van der Waals surface area contributed by atoms with E-state index in [1.54, 1.807) is 0 Å². The predicted octanol–water partition coefficient (Wildman–Crippen LogP) is 0.102. The lowest BCUT2D eigenvalue weighted by Gasteiger charge is -2.05. The van der Waals surface area contributed by atoms with Crippen LogP contribution in [0.3, 0.4) is 0 Å². The zero-order chi connectivity index (χ0) is 15.4. The van der Waals surface area contributed by atoms with Gasteiger partial charge in [-0.2, -0.15) is 0 Å². The van der Waals surface area contributed by atoms with Crippen LogP contribution in [0.25, 0.3) is 0 Å². The van der Waals surface area contributed by atoms with Gasteiger partial charge in [0.1, 0.15) is 5.69 Å². The largest absolute Gasteiger partial charge is 0.465 e. The summed E-state index contributed by atoms with van der Waals surface area (Å²) >= 11 is 0. The third-order valence-electron chi connectivity index (χ3n) is 2.57. The van der Waals surface area contributed by atoms with E-state index in [0.29, 0.717) is 11.3 Å². The van der Waals surface area contributed by atoms with E-state index in [4.69, 9.17) is 0 Å². The number of rotatable bonds is 3. The van der Waals surface area contributed by atoms with Gasteiger partial charge in [-0.1, -0.05) is 0 Å². The van der Waals surface area contributed by atoms with Crippen LogP contribution >= 0.6 is 0 Å². The molecule has 2 aromatic rings. The van der Waals surface area contributed by atoms with Crippen molar-refractivity contribution in [3.63, 3.8) is 0 Å². The molecular weight excluding hydrogens is 278 g/mol. The Labute approximate surface area is 117 Å². The molecule has 0 aliphatic carbocycles. The highest BCUT2D eigenvalue weighted by atomic mass is 16.5. The van der Waals surface area contributed by atoms with Crippen LogP contribution < -0.4 is 16.6 Å². The third kappa shape index (κ3) is 3.44. The van der Waals surface area contributed by atoms with Crippen molar-refractivity contribution in [1.29, 1.82) is 0 Å². The molecule has 0 unspecified atom stereocenters. The topological polar surface area (TPSA) is 121 Å². The minimum absolute atomic E-state index is 0.166. The summed E-state index contributed by atoms with van der Waals surface area (Å²) in [5.74, 6) is -1.14. The summed E-state index contributed by atoms with van der Waals surface area (Å²) in [6, 6.07) is 6.91. The van der Waals surface area contributed by atoms with Crippen LogP contribution in [0, 0.1) is 0 Å². The Morgan fingerprint density at radius 1 is 1.10 bits per heavy atom. The quantitative estimate of drug-likeness (QED) is 0.692. The molecule has 0 spiro atoms. The Kier molecular flexibility index (Phi) is 3.98. The second-order valence-electron chi connectivity index (χ2n) is 4.02. The highest BCUT2D eigenvalue weighted by Crippen LogP contribution is 2.11. The molecule has 0 fully saturated rings. The average Bonchev–Trinajstić information content (AvgIpc) is 2.46. The van der Waals surface area contributed by atoms with Gasteiger partial charge in [-0.05, 0) is 24.3 Å². The molecule has 0 saturated carbocycles. The van der Waals surface area contributed by atoms with Gasteiger partial charge in [-0.15, -0.1) is 0 Å². The maximum Gasteiger partial charge on any atom is 0.337 e. The zero-order valence-corrected chi connectivity index (χ0v) is 10.9. The lowest BCUT2D eigenvalue weighted by atomic mass is 10.2. The number of nitrogens with one attached hydrogen (secondary N) is 3. The number of H-pyrrole nitrogens is 2. The molecule has 8 nitrogen and oxygen atoms in total. The Hall–Kier alpha value is -3.16. The van der Waals surface area contributed by atoms with Crippen LogP contribution in [0.5, 0.6) is 0 Å². The number of aromatic nitrogens is 2. The van der Waals surface area contributed by atoms with Crippen LogP contribution in [0.1, 0.15) is 20.8 Å². The van der Waals surface area contributed by atoms with E-state index in [1.807, 2.05) is 4.98 Å². The highest BCUT2D eigenvalue weighted by Gasteiger charge is 2.09. The van der Waals surface area contributed by atoms with Crippen molar-refractivity contribution < 1.29 is 14.3 Å². The van der Waals surface area contributed by atoms with Gasteiger partial charge in [-0.3, -0.25) is 14.6 Å². The molecule has 0 radical (unpaired) electrons. The zero-order valence-electron chi connectivity index (χ0n) is 10.9. The SMILES string of the molecule is COC(=O)c1ccc(NC(=O)c2cc(=O)[nH]c(=O)[nH]2)cc1. The first kappa shape index (κ1) is 14.3. The van der Waals surface area contributed by atoms with E-state index in [0.717, 1.165) is 6.07 Å². The van der Waals surface area contributed by atoms with Gasteiger partial charge in [0.15, 0.2) is 0 Å². The van der Waals surface area contributed by atoms with Gasteiger partial charge in [0.05, 0.1) is 12.7 Å². The van der Waals surface area contributed by atoms with E-state index < -0.39 is 23.1 Å². The number of anilines is 1. The molecule has 108 valence electrons. The van der Waals surface area contributed by atoms with Crippen molar-refractivity contribution in [3.8, 4) is 0 Å². The smallest absolute Gasteiger partial charge is 0.337 e. The molecule has 0 bridgehead atoms. The standard InChI is InChI=1S/C13H11N3O5/c1-21-12(19)7-2-4-8(5-3-7)14-11(18)9-6-10(17)16-13(20)15-9/h2-6H,1H3,(H,14,18)(H2,15,16,17,20). The Bertz CT molecular complexity index is 760. The first-order chi connectivity index (χ1) is 9.99. The van der Waals surface area contributed by atoms with Crippen molar-refractivity contribution >= 4 is 17.6 Å². The minimum Gasteiger partial charge on any atom is -0.465 e. The fourth-order valence-corrected chi connectivity index (χ4v) is 1.60.